The molecule has 3 atom stereocenters. The highest BCUT2D eigenvalue weighted by atomic mass is 32.2. The minimum absolute atomic E-state index is 0.0740. The van der Waals surface area contributed by atoms with Gasteiger partial charge in [-0.1, -0.05) is 0 Å². The molecule has 2 aliphatic rings. The first-order valence-corrected chi connectivity index (χ1v) is 5.83. The van der Waals surface area contributed by atoms with Crippen molar-refractivity contribution in [1.82, 2.24) is 10.2 Å². The molecule has 1 amide bonds. The molecule has 0 radical (unpaired) electrons. The van der Waals surface area contributed by atoms with Gasteiger partial charge in [0.2, 0.25) is 5.91 Å². The number of Topliss-reactive ketones (excluding diaryl/α,β-unsaturated/α-hetero) is 1. The fourth-order valence-electron chi connectivity index (χ4n) is 2.10. The molecular weight excluding hydrogens is 200 g/mol. The van der Waals surface area contributed by atoms with Gasteiger partial charge in [-0.15, -0.1) is 11.8 Å². The van der Waals surface area contributed by atoms with Gasteiger partial charge in [0.1, 0.15) is 11.4 Å². The Morgan fingerprint density at radius 3 is 2.93 bits per heavy atom. The Morgan fingerprint density at radius 1 is 1.64 bits per heavy atom. The van der Waals surface area contributed by atoms with E-state index in [1.165, 1.54) is 0 Å². The maximum absolute atomic E-state index is 11.6. The molecule has 0 bridgehead atoms. The number of nitrogens with zero attached hydrogens (tertiary/aromatic N) is 1. The summed E-state index contributed by atoms with van der Waals surface area (Å²) < 4.78 is 0. The van der Waals surface area contributed by atoms with E-state index in [0.717, 1.165) is 12.2 Å². The van der Waals surface area contributed by atoms with Crippen LogP contribution in [0.3, 0.4) is 0 Å². The molecule has 0 aromatic heterocycles. The third-order valence-electron chi connectivity index (χ3n) is 2.88. The summed E-state index contributed by atoms with van der Waals surface area (Å²) in [6, 6.07) is -0.250. The van der Waals surface area contributed by atoms with Crippen LogP contribution in [0, 0.1) is 0 Å². The second kappa shape index (κ2) is 3.55. The third kappa shape index (κ3) is 1.26. The Morgan fingerprint density at radius 2 is 2.36 bits per heavy atom. The molecule has 0 spiro atoms. The molecule has 4 nitrogen and oxygen atoms in total. The Bertz CT molecular complexity index is 282. The number of thioether (sulfide) groups is 1. The van der Waals surface area contributed by atoms with Crippen molar-refractivity contribution >= 4 is 23.5 Å². The van der Waals surface area contributed by atoms with Crippen molar-refractivity contribution in [1.29, 1.82) is 0 Å². The quantitative estimate of drug-likeness (QED) is 0.649. The van der Waals surface area contributed by atoms with Crippen molar-refractivity contribution in [2.45, 2.75) is 30.8 Å². The number of β-lactam (4-membered cyclic amide) rings is 1. The summed E-state index contributed by atoms with van der Waals surface area (Å²) in [6.45, 7) is 1.57. The number of hydrogen-bond donors (Lipinski definition) is 1. The van der Waals surface area contributed by atoms with Gasteiger partial charge in [0.25, 0.3) is 0 Å². The molecule has 0 aromatic rings. The normalized spacial score (nSPS) is 36.3. The van der Waals surface area contributed by atoms with E-state index in [4.69, 9.17) is 0 Å². The summed E-state index contributed by atoms with van der Waals surface area (Å²) in [7, 11) is 1.79. The molecule has 2 rings (SSSR count). The van der Waals surface area contributed by atoms with Crippen LogP contribution >= 0.6 is 11.8 Å². The van der Waals surface area contributed by atoms with Crippen LogP contribution in [-0.4, -0.2) is 46.8 Å². The number of likely N-dealkylation sites (N-methyl/N-ethyl adjacent to an activating group) is 1. The van der Waals surface area contributed by atoms with E-state index in [1.807, 2.05) is 0 Å². The zero-order valence-electron chi connectivity index (χ0n) is 8.32. The fourth-order valence-corrected chi connectivity index (χ4v) is 3.56. The molecule has 78 valence electrons. The number of carbonyl (C=O) groups excluding carboxylic acids is 2. The summed E-state index contributed by atoms with van der Waals surface area (Å²) in [4.78, 5) is 24.7. The van der Waals surface area contributed by atoms with E-state index in [-0.39, 0.29) is 29.1 Å². The highest BCUT2D eigenvalue weighted by Crippen LogP contribution is 2.37. The summed E-state index contributed by atoms with van der Waals surface area (Å²) >= 11 is 1.76. The molecule has 0 aliphatic carbocycles. The first kappa shape index (κ1) is 9.98. The lowest BCUT2D eigenvalue weighted by atomic mass is 9.99. The molecule has 2 heterocycles. The summed E-state index contributed by atoms with van der Waals surface area (Å²) in [5, 5.41) is 3.16. The van der Waals surface area contributed by atoms with Crippen molar-refractivity contribution in [2.75, 3.05) is 12.8 Å². The van der Waals surface area contributed by atoms with Crippen LogP contribution in [-0.2, 0) is 9.59 Å². The topological polar surface area (TPSA) is 49.4 Å². The Labute approximate surface area is 87.4 Å². The molecule has 0 saturated carbocycles. The van der Waals surface area contributed by atoms with Gasteiger partial charge in [0.15, 0.2) is 5.78 Å². The van der Waals surface area contributed by atoms with Crippen molar-refractivity contribution in [3.8, 4) is 0 Å². The third-order valence-corrected chi connectivity index (χ3v) is 4.19. The van der Waals surface area contributed by atoms with Gasteiger partial charge in [0.05, 0.1) is 6.04 Å². The van der Waals surface area contributed by atoms with Gasteiger partial charge in [-0.3, -0.25) is 9.59 Å². The number of amides is 1. The zero-order chi connectivity index (χ0) is 10.3. The lowest BCUT2D eigenvalue weighted by Gasteiger charge is -2.52. The monoisotopic (exact) mass is 214 g/mol. The number of carbonyl (C=O) groups is 2. The van der Waals surface area contributed by atoms with Gasteiger partial charge in [-0.25, -0.2) is 0 Å². The van der Waals surface area contributed by atoms with Crippen LogP contribution < -0.4 is 5.32 Å². The van der Waals surface area contributed by atoms with Gasteiger partial charge >= 0.3 is 0 Å². The second-order valence-corrected chi connectivity index (χ2v) is 4.91. The van der Waals surface area contributed by atoms with Gasteiger partial charge < -0.3 is 10.2 Å². The summed E-state index contributed by atoms with van der Waals surface area (Å²) in [6.07, 6.45) is 0.804. The SMILES string of the molecule is CNC1C(=O)N2C(C(C)=O)CCSC12. The number of rotatable bonds is 2. The molecule has 1 N–H and O–H groups in total. The molecule has 0 aromatic carbocycles. The lowest BCUT2D eigenvalue weighted by Crippen LogP contribution is -2.73. The van der Waals surface area contributed by atoms with E-state index in [0.29, 0.717) is 0 Å². The largest absolute Gasteiger partial charge is 0.317 e. The van der Waals surface area contributed by atoms with Gasteiger partial charge in [-0.2, -0.15) is 0 Å². The maximum Gasteiger partial charge on any atom is 0.244 e. The van der Waals surface area contributed by atoms with Crippen molar-refractivity contribution < 1.29 is 9.59 Å². The number of hydrogen-bond acceptors (Lipinski definition) is 4. The van der Waals surface area contributed by atoms with Crippen molar-refractivity contribution in [2.24, 2.45) is 0 Å². The standard InChI is InChI=1S/C9H14N2O2S/c1-5(12)6-3-4-14-9-7(10-2)8(13)11(6)9/h6-7,9-10H,3-4H2,1-2H3. The van der Waals surface area contributed by atoms with E-state index >= 15 is 0 Å². The molecule has 14 heavy (non-hydrogen) atoms. The van der Waals surface area contributed by atoms with Crippen LogP contribution in [0.15, 0.2) is 0 Å². The zero-order valence-corrected chi connectivity index (χ0v) is 9.13. The highest BCUT2D eigenvalue weighted by Gasteiger charge is 2.52. The van der Waals surface area contributed by atoms with Crippen molar-refractivity contribution in [3.05, 3.63) is 0 Å². The average Bonchev–Trinajstić information content (AvgIpc) is 2.16. The van der Waals surface area contributed by atoms with Crippen LogP contribution in [0.1, 0.15) is 13.3 Å². The number of nitrogens with one attached hydrogen (secondary N) is 1. The molecule has 2 aliphatic heterocycles. The first-order valence-electron chi connectivity index (χ1n) is 4.78. The van der Waals surface area contributed by atoms with Crippen LogP contribution in [0.2, 0.25) is 0 Å². The van der Waals surface area contributed by atoms with Crippen LogP contribution in [0.4, 0.5) is 0 Å². The average molecular weight is 214 g/mol. The smallest absolute Gasteiger partial charge is 0.244 e. The Balaban J connectivity index is 2.13. The summed E-state index contributed by atoms with van der Waals surface area (Å²) in [5.74, 6) is 1.15. The predicted octanol–water partition coefficient (Wildman–Crippen LogP) is -0.163. The van der Waals surface area contributed by atoms with Gasteiger partial charge in [0, 0.05) is 0 Å². The highest BCUT2D eigenvalue weighted by molar-refractivity contribution is 8.00. The molecule has 2 fully saturated rings. The second-order valence-electron chi connectivity index (χ2n) is 3.69. The lowest BCUT2D eigenvalue weighted by molar-refractivity contribution is -0.154. The van der Waals surface area contributed by atoms with E-state index in [2.05, 4.69) is 5.32 Å². The van der Waals surface area contributed by atoms with Crippen LogP contribution in [0.5, 0.6) is 0 Å². The molecule has 3 unspecified atom stereocenters. The number of fused-ring (bicyclic) bond motifs is 1. The minimum Gasteiger partial charge on any atom is -0.317 e. The predicted molar refractivity (Wildman–Crippen MR) is 55.0 cm³/mol. The van der Waals surface area contributed by atoms with Crippen LogP contribution in [0.25, 0.3) is 0 Å². The van der Waals surface area contributed by atoms with Crippen molar-refractivity contribution in [3.63, 3.8) is 0 Å². The Kier molecular flexibility index (Phi) is 2.53. The molecular formula is C9H14N2O2S. The fraction of sp³-hybridized carbons (Fsp3) is 0.778. The maximum atomic E-state index is 11.6. The summed E-state index contributed by atoms with van der Waals surface area (Å²) in [5.41, 5.74) is 0. The number of ketones is 1. The van der Waals surface area contributed by atoms with Gasteiger partial charge in [-0.05, 0) is 26.1 Å². The van der Waals surface area contributed by atoms with E-state index in [1.54, 1.807) is 30.6 Å². The molecule has 5 heteroatoms. The van der Waals surface area contributed by atoms with E-state index in [9.17, 15) is 9.59 Å². The first-order chi connectivity index (χ1) is 6.66. The van der Waals surface area contributed by atoms with E-state index < -0.39 is 0 Å². The minimum atomic E-state index is -0.168. The Hall–Kier alpha value is -0.550. The molecule has 2 saturated heterocycles.